The van der Waals surface area contributed by atoms with Gasteiger partial charge in [-0.1, -0.05) is 18.5 Å². The molecule has 0 aliphatic rings. The van der Waals surface area contributed by atoms with Crippen LogP contribution in [0.5, 0.6) is 0 Å². The number of rotatable bonds is 5. The average Bonchev–Trinajstić information content (AvgIpc) is 2.12. The molecule has 0 atom stereocenters. The normalized spacial score (nSPS) is 12.2. The van der Waals surface area contributed by atoms with Crippen LogP contribution in [0.2, 0.25) is 5.15 Å². The fraction of sp³-hybridized carbons (Fsp3) is 0.667. The molecule has 1 heterocycles. The third kappa shape index (κ3) is 5.44. The van der Waals surface area contributed by atoms with Crippen molar-refractivity contribution in [3.8, 4) is 0 Å². The molecule has 1 rings (SSSR count). The van der Waals surface area contributed by atoms with Crippen LogP contribution in [0.25, 0.3) is 0 Å². The van der Waals surface area contributed by atoms with E-state index in [1.165, 1.54) is 0 Å². The van der Waals surface area contributed by atoms with Crippen molar-refractivity contribution in [2.24, 2.45) is 0 Å². The summed E-state index contributed by atoms with van der Waals surface area (Å²) < 4.78 is 0. The second-order valence-corrected chi connectivity index (χ2v) is 5.25. The molecule has 0 unspecified atom stereocenters. The first kappa shape index (κ1) is 14.4. The molecule has 17 heavy (non-hydrogen) atoms. The molecular weight excluding hydrogens is 238 g/mol. The number of hydrogen-bond acceptors (Lipinski definition) is 4. The van der Waals surface area contributed by atoms with Crippen LogP contribution < -0.4 is 0 Å². The highest BCUT2D eigenvalue weighted by Gasteiger charge is 2.18. The van der Waals surface area contributed by atoms with Crippen LogP contribution in [0, 0.1) is 6.92 Å². The molecule has 1 aromatic rings. The lowest BCUT2D eigenvalue weighted by Crippen LogP contribution is -2.38. The summed E-state index contributed by atoms with van der Waals surface area (Å²) in [6.45, 7) is 9.53. The highest BCUT2D eigenvalue weighted by Crippen LogP contribution is 2.10. The van der Waals surface area contributed by atoms with Crippen LogP contribution in [-0.4, -0.2) is 38.7 Å². The van der Waals surface area contributed by atoms with Crippen LogP contribution in [0.4, 0.5) is 0 Å². The maximum absolute atomic E-state index is 9.80. The summed E-state index contributed by atoms with van der Waals surface area (Å²) in [6.07, 6.45) is 0. The Bertz CT molecular complexity index is 356. The quantitative estimate of drug-likeness (QED) is 0.820. The van der Waals surface area contributed by atoms with Gasteiger partial charge in [0.1, 0.15) is 11.0 Å². The van der Waals surface area contributed by atoms with Gasteiger partial charge in [-0.3, -0.25) is 4.90 Å². The van der Waals surface area contributed by atoms with E-state index in [1.54, 1.807) is 19.9 Å². The van der Waals surface area contributed by atoms with Crippen molar-refractivity contribution >= 4 is 11.6 Å². The predicted molar refractivity (Wildman–Crippen MR) is 69.0 cm³/mol. The van der Waals surface area contributed by atoms with E-state index in [9.17, 15) is 5.11 Å². The zero-order valence-corrected chi connectivity index (χ0v) is 11.6. The van der Waals surface area contributed by atoms with E-state index in [-0.39, 0.29) is 0 Å². The molecule has 0 fully saturated rings. The molecule has 0 radical (unpaired) electrons. The van der Waals surface area contributed by atoms with Crippen LogP contribution in [0.15, 0.2) is 6.07 Å². The third-order valence-electron chi connectivity index (χ3n) is 2.29. The van der Waals surface area contributed by atoms with Gasteiger partial charge in [-0.15, -0.1) is 0 Å². The lowest BCUT2D eigenvalue weighted by molar-refractivity contribution is 0.0345. The number of aryl methyl sites for hydroxylation is 1. The number of nitrogens with zero attached hydrogens (tertiary/aromatic N) is 3. The van der Waals surface area contributed by atoms with Crippen molar-refractivity contribution in [1.29, 1.82) is 0 Å². The Morgan fingerprint density at radius 1 is 1.41 bits per heavy atom. The first-order chi connectivity index (χ1) is 7.80. The van der Waals surface area contributed by atoms with Gasteiger partial charge in [-0.05, 0) is 33.4 Å². The van der Waals surface area contributed by atoms with Crippen LogP contribution in [0.3, 0.4) is 0 Å². The molecule has 0 saturated heterocycles. The molecule has 1 N–H and O–H groups in total. The molecule has 0 bridgehead atoms. The smallest absolute Gasteiger partial charge is 0.144 e. The fourth-order valence-electron chi connectivity index (χ4n) is 1.69. The number of aliphatic hydroxyl groups is 1. The Labute approximate surface area is 108 Å². The van der Waals surface area contributed by atoms with Crippen molar-refractivity contribution in [3.05, 3.63) is 22.7 Å². The summed E-state index contributed by atoms with van der Waals surface area (Å²) >= 11 is 5.89. The SMILES string of the molecule is CCN(Cc1nc(C)cc(Cl)n1)CC(C)(C)O. The summed E-state index contributed by atoms with van der Waals surface area (Å²) in [4.78, 5) is 10.6. The van der Waals surface area contributed by atoms with E-state index in [4.69, 9.17) is 11.6 Å². The Morgan fingerprint density at radius 3 is 2.53 bits per heavy atom. The lowest BCUT2D eigenvalue weighted by Gasteiger charge is -2.27. The molecule has 4 nitrogen and oxygen atoms in total. The largest absolute Gasteiger partial charge is 0.389 e. The maximum Gasteiger partial charge on any atom is 0.144 e. The standard InChI is InChI=1S/C12H20ClN3O/c1-5-16(8-12(3,4)17)7-11-14-9(2)6-10(13)15-11/h6,17H,5,7-8H2,1-4H3. The van der Waals surface area contributed by atoms with Gasteiger partial charge in [0, 0.05) is 12.2 Å². The van der Waals surface area contributed by atoms with E-state index < -0.39 is 5.60 Å². The molecule has 1 aromatic heterocycles. The summed E-state index contributed by atoms with van der Waals surface area (Å²) in [5.74, 6) is 0.695. The van der Waals surface area contributed by atoms with E-state index >= 15 is 0 Å². The molecule has 5 heteroatoms. The topological polar surface area (TPSA) is 49.2 Å². The molecule has 0 amide bonds. The first-order valence-corrected chi connectivity index (χ1v) is 6.13. The van der Waals surface area contributed by atoms with Gasteiger partial charge in [-0.2, -0.15) is 0 Å². The summed E-state index contributed by atoms with van der Waals surface area (Å²) in [5, 5.41) is 10.3. The first-order valence-electron chi connectivity index (χ1n) is 5.75. The minimum absolute atomic E-state index is 0.465. The average molecular weight is 258 g/mol. The van der Waals surface area contributed by atoms with Crippen molar-refractivity contribution in [2.45, 2.75) is 39.8 Å². The van der Waals surface area contributed by atoms with Crippen LogP contribution in [0.1, 0.15) is 32.3 Å². The molecule has 0 aliphatic heterocycles. The van der Waals surface area contributed by atoms with E-state index in [0.717, 1.165) is 12.2 Å². The van der Waals surface area contributed by atoms with E-state index in [0.29, 0.717) is 24.1 Å². The number of halogens is 1. The maximum atomic E-state index is 9.80. The van der Waals surface area contributed by atoms with Gasteiger partial charge in [0.15, 0.2) is 0 Å². The van der Waals surface area contributed by atoms with Gasteiger partial charge in [0.05, 0.1) is 12.1 Å². The van der Waals surface area contributed by atoms with Crippen molar-refractivity contribution < 1.29 is 5.11 Å². The third-order valence-corrected chi connectivity index (χ3v) is 2.49. The lowest BCUT2D eigenvalue weighted by atomic mass is 10.1. The molecule has 96 valence electrons. The second-order valence-electron chi connectivity index (χ2n) is 4.86. The van der Waals surface area contributed by atoms with Gasteiger partial charge < -0.3 is 5.11 Å². The molecular formula is C12H20ClN3O. The molecule has 0 saturated carbocycles. The zero-order valence-electron chi connectivity index (χ0n) is 10.9. The Morgan fingerprint density at radius 2 is 2.06 bits per heavy atom. The van der Waals surface area contributed by atoms with Crippen molar-refractivity contribution in [2.75, 3.05) is 13.1 Å². The monoisotopic (exact) mass is 257 g/mol. The summed E-state index contributed by atoms with van der Waals surface area (Å²) in [7, 11) is 0. The fourth-order valence-corrected chi connectivity index (χ4v) is 1.94. The summed E-state index contributed by atoms with van der Waals surface area (Å²) in [5.41, 5.74) is 0.142. The number of aromatic nitrogens is 2. The molecule has 0 aromatic carbocycles. The zero-order chi connectivity index (χ0) is 13.1. The summed E-state index contributed by atoms with van der Waals surface area (Å²) in [6, 6.07) is 1.73. The Balaban J connectivity index is 2.73. The molecule has 0 spiro atoms. The van der Waals surface area contributed by atoms with E-state index in [2.05, 4.69) is 14.9 Å². The highest BCUT2D eigenvalue weighted by atomic mass is 35.5. The minimum atomic E-state index is -0.719. The van der Waals surface area contributed by atoms with Gasteiger partial charge in [0.2, 0.25) is 0 Å². The number of hydrogen-bond donors (Lipinski definition) is 1. The second kappa shape index (κ2) is 5.76. The van der Waals surface area contributed by atoms with Crippen LogP contribution in [-0.2, 0) is 6.54 Å². The predicted octanol–water partition coefficient (Wildman–Crippen LogP) is 2.03. The van der Waals surface area contributed by atoms with Gasteiger partial charge >= 0.3 is 0 Å². The van der Waals surface area contributed by atoms with Crippen molar-refractivity contribution in [3.63, 3.8) is 0 Å². The minimum Gasteiger partial charge on any atom is -0.389 e. The van der Waals surface area contributed by atoms with Crippen molar-refractivity contribution in [1.82, 2.24) is 14.9 Å². The Hall–Kier alpha value is -0.710. The van der Waals surface area contributed by atoms with Crippen LogP contribution >= 0.6 is 11.6 Å². The van der Waals surface area contributed by atoms with Gasteiger partial charge in [0.25, 0.3) is 0 Å². The number of likely N-dealkylation sites (N-methyl/N-ethyl adjacent to an activating group) is 1. The van der Waals surface area contributed by atoms with Gasteiger partial charge in [-0.25, -0.2) is 9.97 Å². The Kier molecular flexibility index (Phi) is 4.86. The highest BCUT2D eigenvalue weighted by molar-refractivity contribution is 6.29. The molecule has 0 aliphatic carbocycles. The van der Waals surface area contributed by atoms with E-state index in [1.807, 2.05) is 13.8 Å².